The Bertz CT molecular complexity index is 1040. The zero-order valence-electron chi connectivity index (χ0n) is 18.2. The summed E-state index contributed by atoms with van der Waals surface area (Å²) < 4.78 is 10.8. The minimum absolute atomic E-state index is 0.0187. The van der Waals surface area contributed by atoms with Crippen molar-refractivity contribution in [2.45, 2.75) is 31.4 Å². The zero-order chi connectivity index (χ0) is 23.4. The Kier molecular flexibility index (Phi) is 7.14. The molecule has 2 aromatic rings. The van der Waals surface area contributed by atoms with Crippen LogP contribution in [-0.4, -0.2) is 46.8 Å². The SMILES string of the molecule is CCOc1cc(NC(C)=O)ccc1C(=O)NN1C(=O)C(C)SC1c1ccc(O)c(OC)c1. The van der Waals surface area contributed by atoms with Gasteiger partial charge in [-0.1, -0.05) is 6.07 Å². The van der Waals surface area contributed by atoms with E-state index in [2.05, 4.69) is 10.7 Å². The molecule has 2 atom stereocenters. The number of amides is 3. The van der Waals surface area contributed by atoms with Crippen LogP contribution in [0, 0.1) is 0 Å². The number of benzene rings is 2. The highest BCUT2D eigenvalue weighted by molar-refractivity contribution is 8.01. The van der Waals surface area contributed by atoms with Gasteiger partial charge in [0, 0.05) is 18.7 Å². The first kappa shape index (κ1) is 23.3. The fourth-order valence-electron chi connectivity index (χ4n) is 3.25. The normalized spacial score (nSPS) is 17.8. The molecule has 10 heteroatoms. The molecular weight excluding hydrogens is 434 g/mol. The monoisotopic (exact) mass is 459 g/mol. The molecule has 170 valence electrons. The third-order valence-corrected chi connectivity index (χ3v) is 6.06. The molecule has 1 fully saturated rings. The first-order valence-electron chi connectivity index (χ1n) is 9.96. The number of hydrazine groups is 1. The van der Waals surface area contributed by atoms with Gasteiger partial charge >= 0.3 is 0 Å². The zero-order valence-corrected chi connectivity index (χ0v) is 19.0. The lowest BCUT2D eigenvalue weighted by Crippen LogP contribution is -2.45. The Balaban J connectivity index is 1.89. The second-order valence-electron chi connectivity index (χ2n) is 7.04. The quantitative estimate of drug-likeness (QED) is 0.582. The highest BCUT2D eigenvalue weighted by atomic mass is 32.2. The Hall–Kier alpha value is -3.40. The lowest BCUT2D eigenvalue weighted by Gasteiger charge is -2.25. The van der Waals surface area contributed by atoms with Gasteiger partial charge in [0.25, 0.3) is 11.8 Å². The topological polar surface area (TPSA) is 117 Å². The predicted octanol–water partition coefficient (Wildman–Crippen LogP) is 3.07. The van der Waals surface area contributed by atoms with Crippen molar-refractivity contribution in [3.05, 3.63) is 47.5 Å². The van der Waals surface area contributed by atoms with Gasteiger partial charge in [-0.2, -0.15) is 0 Å². The molecule has 0 bridgehead atoms. The molecule has 3 rings (SSSR count). The van der Waals surface area contributed by atoms with Gasteiger partial charge in [0.05, 0.1) is 24.5 Å². The summed E-state index contributed by atoms with van der Waals surface area (Å²) in [5.74, 6) is -0.491. The smallest absolute Gasteiger partial charge is 0.273 e. The first-order chi connectivity index (χ1) is 15.2. The van der Waals surface area contributed by atoms with Gasteiger partial charge in [-0.25, -0.2) is 5.01 Å². The number of hydrogen-bond acceptors (Lipinski definition) is 7. The fraction of sp³-hybridized carbons (Fsp3) is 0.318. The Morgan fingerprint density at radius 3 is 2.59 bits per heavy atom. The summed E-state index contributed by atoms with van der Waals surface area (Å²) in [6.07, 6.45) is 0. The van der Waals surface area contributed by atoms with Crippen molar-refractivity contribution in [1.29, 1.82) is 0 Å². The molecule has 1 saturated heterocycles. The molecule has 3 N–H and O–H groups in total. The molecule has 0 saturated carbocycles. The molecular formula is C22H25N3O6S. The van der Waals surface area contributed by atoms with Gasteiger partial charge in [-0.3, -0.25) is 19.8 Å². The van der Waals surface area contributed by atoms with Crippen molar-refractivity contribution in [2.24, 2.45) is 0 Å². The van der Waals surface area contributed by atoms with Crippen molar-refractivity contribution >= 4 is 35.2 Å². The largest absolute Gasteiger partial charge is 0.504 e. The number of phenolic OH excluding ortho intramolecular Hbond substituents is 1. The molecule has 1 heterocycles. The van der Waals surface area contributed by atoms with Gasteiger partial charge in [0.1, 0.15) is 11.1 Å². The minimum atomic E-state index is -0.526. The average Bonchev–Trinajstić information content (AvgIpc) is 3.02. The molecule has 1 aliphatic rings. The number of aromatic hydroxyl groups is 1. The van der Waals surface area contributed by atoms with Crippen LogP contribution in [0.25, 0.3) is 0 Å². The number of methoxy groups -OCH3 is 1. The van der Waals surface area contributed by atoms with Crippen molar-refractivity contribution < 1.29 is 29.0 Å². The molecule has 9 nitrogen and oxygen atoms in total. The van der Waals surface area contributed by atoms with Gasteiger partial charge in [0.2, 0.25) is 5.91 Å². The number of ether oxygens (including phenoxy) is 2. The van der Waals surface area contributed by atoms with E-state index in [-0.39, 0.29) is 39.9 Å². The lowest BCUT2D eigenvalue weighted by atomic mass is 10.1. The molecule has 2 unspecified atom stereocenters. The van der Waals surface area contributed by atoms with Crippen LogP contribution in [0.15, 0.2) is 36.4 Å². The molecule has 0 radical (unpaired) electrons. The highest BCUT2D eigenvalue weighted by Crippen LogP contribution is 2.43. The van der Waals surface area contributed by atoms with E-state index in [1.54, 1.807) is 38.1 Å². The van der Waals surface area contributed by atoms with Crippen LogP contribution in [0.4, 0.5) is 5.69 Å². The van der Waals surface area contributed by atoms with E-state index in [1.807, 2.05) is 0 Å². The van der Waals surface area contributed by atoms with Crippen molar-refractivity contribution in [2.75, 3.05) is 19.0 Å². The van der Waals surface area contributed by atoms with Crippen molar-refractivity contribution in [1.82, 2.24) is 10.4 Å². The second-order valence-corrected chi connectivity index (χ2v) is 8.46. The number of phenols is 1. The Morgan fingerprint density at radius 1 is 1.19 bits per heavy atom. The first-order valence-corrected chi connectivity index (χ1v) is 10.9. The fourth-order valence-corrected chi connectivity index (χ4v) is 4.45. The number of thioether (sulfide) groups is 1. The average molecular weight is 460 g/mol. The number of anilines is 1. The lowest BCUT2D eigenvalue weighted by molar-refractivity contribution is -0.132. The van der Waals surface area contributed by atoms with E-state index in [4.69, 9.17) is 9.47 Å². The maximum absolute atomic E-state index is 13.1. The van der Waals surface area contributed by atoms with Gasteiger partial charge in [0.15, 0.2) is 11.5 Å². The van der Waals surface area contributed by atoms with Crippen molar-refractivity contribution in [3.8, 4) is 17.2 Å². The summed E-state index contributed by atoms with van der Waals surface area (Å²) in [6.45, 7) is 5.24. The molecule has 0 aromatic heterocycles. The third-order valence-electron chi connectivity index (χ3n) is 4.71. The number of carbonyl (C=O) groups is 3. The summed E-state index contributed by atoms with van der Waals surface area (Å²) in [4.78, 5) is 37.2. The number of hydrogen-bond donors (Lipinski definition) is 3. The summed E-state index contributed by atoms with van der Waals surface area (Å²) in [5.41, 5.74) is 4.09. The molecule has 1 aliphatic heterocycles. The predicted molar refractivity (Wildman–Crippen MR) is 121 cm³/mol. The number of nitrogens with one attached hydrogen (secondary N) is 2. The number of carbonyl (C=O) groups excluding carboxylic acids is 3. The van der Waals surface area contributed by atoms with Crippen LogP contribution in [0.5, 0.6) is 17.2 Å². The van der Waals surface area contributed by atoms with E-state index in [0.717, 1.165) is 0 Å². The maximum Gasteiger partial charge on any atom is 0.273 e. The van der Waals surface area contributed by atoms with E-state index >= 15 is 0 Å². The van der Waals surface area contributed by atoms with Gasteiger partial charge in [-0.05, 0) is 43.7 Å². The Morgan fingerprint density at radius 2 is 1.94 bits per heavy atom. The van der Waals surface area contributed by atoms with Gasteiger partial charge < -0.3 is 19.9 Å². The van der Waals surface area contributed by atoms with Crippen LogP contribution in [0.2, 0.25) is 0 Å². The summed E-state index contributed by atoms with van der Waals surface area (Å²) >= 11 is 1.37. The Labute approximate surface area is 190 Å². The van der Waals surface area contributed by atoms with E-state index in [0.29, 0.717) is 17.9 Å². The molecule has 3 amide bonds. The van der Waals surface area contributed by atoms with Crippen LogP contribution >= 0.6 is 11.8 Å². The van der Waals surface area contributed by atoms with Crippen molar-refractivity contribution in [3.63, 3.8) is 0 Å². The van der Waals surface area contributed by atoms with Crippen LogP contribution in [-0.2, 0) is 9.59 Å². The number of nitrogens with zero attached hydrogens (tertiary/aromatic N) is 1. The third kappa shape index (κ3) is 4.91. The molecule has 0 aliphatic carbocycles. The van der Waals surface area contributed by atoms with Gasteiger partial charge in [-0.15, -0.1) is 11.8 Å². The van der Waals surface area contributed by atoms with Crippen LogP contribution < -0.4 is 20.2 Å². The van der Waals surface area contributed by atoms with E-state index in [9.17, 15) is 19.5 Å². The summed E-state index contributed by atoms with van der Waals surface area (Å²) in [7, 11) is 1.44. The highest BCUT2D eigenvalue weighted by Gasteiger charge is 2.40. The van der Waals surface area contributed by atoms with Crippen LogP contribution in [0.1, 0.15) is 42.1 Å². The second kappa shape index (κ2) is 9.82. The summed E-state index contributed by atoms with van der Waals surface area (Å²) in [6, 6.07) is 9.46. The molecule has 0 spiro atoms. The maximum atomic E-state index is 13.1. The molecule has 32 heavy (non-hydrogen) atoms. The summed E-state index contributed by atoms with van der Waals surface area (Å²) in [5, 5.41) is 12.9. The van der Waals surface area contributed by atoms with E-state index < -0.39 is 11.3 Å². The minimum Gasteiger partial charge on any atom is -0.504 e. The number of rotatable bonds is 7. The standard InChI is InChI=1S/C22H25N3O6S/c1-5-31-18-11-15(23-13(3)26)7-8-16(18)20(28)24-25-21(29)12(2)32-22(25)14-6-9-17(27)19(10-14)30-4/h6-12,22,27H,5H2,1-4H3,(H,23,26)(H,24,28). The van der Waals surface area contributed by atoms with E-state index in [1.165, 1.54) is 42.9 Å². The molecule has 2 aromatic carbocycles. The van der Waals surface area contributed by atoms with Crippen LogP contribution in [0.3, 0.4) is 0 Å².